The van der Waals surface area contributed by atoms with Crippen LogP contribution in [0.2, 0.25) is 0 Å². The molecule has 4 aromatic rings. The average molecular weight is 278 g/mol. The number of para-hydroxylation sites is 4. The number of fused-ring (bicyclic) bond motifs is 2. The van der Waals surface area contributed by atoms with Gasteiger partial charge in [-0.25, -0.2) is 9.97 Å². The van der Waals surface area contributed by atoms with Crippen LogP contribution in [0.4, 0.5) is 0 Å². The lowest BCUT2D eigenvalue weighted by Gasteiger charge is -1.86. The molecule has 0 aliphatic heterocycles. The van der Waals surface area contributed by atoms with Crippen molar-refractivity contribution in [2.24, 2.45) is 0 Å². The van der Waals surface area contributed by atoms with E-state index in [2.05, 4.69) is 32.9 Å². The van der Waals surface area contributed by atoms with Crippen molar-refractivity contribution in [1.29, 1.82) is 0 Å². The van der Waals surface area contributed by atoms with Gasteiger partial charge >= 0.3 is 0 Å². The van der Waals surface area contributed by atoms with Gasteiger partial charge in [-0.3, -0.25) is 0 Å². The average Bonchev–Trinajstić information content (AvgIpc) is 3.14. The van der Waals surface area contributed by atoms with Gasteiger partial charge in [-0.05, 0) is 30.7 Å². The highest BCUT2D eigenvalue weighted by Gasteiger charge is 1.98. The highest BCUT2D eigenvalue weighted by Crippen LogP contribution is 2.10. The quantitative estimate of drug-likeness (QED) is 0.580. The number of hydrogen-bond acceptors (Lipinski definition) is 2. The van der Waals surface area contributed by atoms with Gasteiger partial charge in [0.1, 0.15) is 5.82 Å². The number of H-pyrrole nitrogens is 2. The highest BCUT2D eigenvalue weighted by atomic mass is 14.9. The summed E-state index contributed by atoms with van der Waals surface area (Å²) in [4.78, 5) is 14.8. The minimum absolute atomic E-state index is 1.03. The van der Waals surface area contributed by atoms with E-state index in [0.29, 0.717) is 0 Å². The minimum atomic E-state index is 1.03. The van der Waals surface area contributed by atoms with Gasteiger partial charge in [0, 0.05) is 6.42 Å². The molecule has 2 N–H and O–H groups in total. The number of aryl methyl sites for hydroxylation is 1. The molecule has 2 aromatic carbocycles. The van der Waals surface area contributed by atoms with Crippen molar-refractivity contribution >= 4 is 22.1 Å². The number of nitrogens with one attached hydrogen (secondary N) is 2. The molecule has 0 unspecified atom stereocenters. The molecule has 21 heavy (non-hydrogen) atoms. The van der Waals surface area contributed by atoms with Crippen LogP contribution in [0.3, 0.4) is 0 Å². The summed E-state index contributed by atoms with van der Waals surface area (Å²) in [6.45, 7) is 2.16. The molecule has 2 heterocycles. The third kappa shape index (κ3) is 3.11. The van der Waals surface area contributed by atoms with Crippen molar-refractivity contribution < 1.29 is 0 Å². The maximum atomic E-state index is 4.45. The summed E-state index contributed by atoms with van der Waals surface area (Å²) in [7, 11) is 0. The topological polar surface area (TPSA) is 57.4 Å². The minimum Gasteiger partial charge on any atom is -0.345 e. The standard InChI is InChI=1S/C10H12N2.C7H6N2/c1-2-5-10-11-8-6-3-4-7-9(8)12-10;1-2-4-7-6(3-1)8-5-9-7/h3-4,6-7H,2,5H2,1H3,(H,11,12);1-5H,(H,8,9). The molecule has 0 fully saturated rings. The molecule has 0 amide bonds. The highest BCUT2D eigenvalue weighted by molar-refractivity contribution is 5.74. The van der Waals surface area contributed by atoms with E-state index in [4.69, 9.17) is 0 Å². The van der Waals surface area contributed by atoms with Crippen molar-refractivity contribution in [3.8, 4) is 0 Å². The molecule has 4 heteroatoms. The molecule has 0 atom stereocenters. The van der Waals surface area contributed by atoms with E-state index in [1.807, 2.05) is 42.5 Å². The Morgan fingerprint density at radius 3 is 2.33 bits per heavy atom. The Bertz CT molecular complexity index is 765. The Kier molecular flexibility index (Phi) is 3.96. The Balaban J connectivity index is 0.000000131. The Labute approximate surface area is 123 Å². The third-order valence-corrected chi connectivity index (χ3v) is 3.25. The molecule has 0 aliphatic rings. The van der Waals surface area contributed by atoms with Crippen LogP contribution in [-0.4, -0.2) is 19.9 Å². The number of imidazole rings is 2. The first-order chi connectivity index (χ1) is 10.4. The normalized spacial score (nSPS) is 10.5. The second-order valence-corrected chi connectivity index (χ2v) is 4.87. The van der Waals surface area contributed by atoms with Gasteiger partial charge in [-0.2, -0.15) is 0 Å². The zero-order valence-corrected chi connectivity index (χ0v) is 12.0. The van der Waals surface area contributed by atoms with Crippen LogP contribution in [0.1, 0.15) is 19.2 Å². The lowest BCUT2D eigenvalue weighted by atomic mass is 10.3. The maximum absolute atomic E-state index is 4.45. The monoisotopic (exact) mass is 278 g/mol. The summed E-state index contributed by atoms with van der Waals surface area (Å²) in [6.07, 6.45) is 3.87. The summed E-state index contributed by atoms with van der Waals surface area (Å²) in [6, 6.07) is 16.1. The van der Waals surface area contributed by atoms with Gasteiger partial charge in [0.25, 0.3) is 0 Å². The fourth-order valence-corrected chi connectivity index (χ4v) is 2.24. The lowest BCUT2D eigenvalue weighted by Crippen LogP contribution is -1.83. The summed E-state index contributed by atoms with van der Waals surface area (Å²) >= 11 is 0. The molecule has 4 rings (SSSR count). The first kappa shape index (κ1) is 13.4. The lowest BCUT2D eigenvalue weighted by molar-refractivity contribution is 0.861. The summed E-state index contributed by atoms with van der Waals surface area (Å²) in [5, 5.41) is 0. The van der Waals surface area contributed by atoms with Gasteiger partial charge in [0.2, 0.25) is 0 Å². The smallest absolute Gasteiger partial charge is 0.107 e. The second-order valence-electron chi connectivity index (χ2n) is 4.87. The Morgan fingerprint density at radius 1 is 0.905 bits per heavy atom. The van der Waals surface area contributed by atoms with E-state index in [-0.39, 0.29) is 0 Å². The second kappa shape index (κ2) is 6.22. The van der Waals surface area contributed by atoms with Crippen LogP contribution in [0.25, 0.3) is 22.1 Å². The SMILES string of the molecule is CCCc1nc2ccccc2[nH]1.c1ccc2[nH]cnc2c1. The Hall–Kier alpha value is -2.62. The van der Waals surface area contributed by atoms with Crippen molar-refractivity contribution in [3.05, 3.63) is 60.7 Å². The van der Waals surface area contributed by atoms with Crippen LogP contribution in [0.15, 0.2) is 54.9 Å². The first-order valence-corrected chi connectivity index (χ1v) is 7.18. The van der Waals surface area contributed by atoms with E-state index in [0.717, 1.165) is 40.7 Å². The summed E-state index contributed by atoms with van der Waals surface area (Å²) in [5.41, 5.74) is 4.33. The molecule has 4 nitrogen and oxygen atoms in total. The predicted octanol–water partition coefficient (Wildman–Crippen LogP) is 4.08. The summed E-state index contributed by atoms with van der Waals surface area (Å²) < 4.78 is 0. The van der Waals surface area contributed by atoms with E-state index in [1.165, 1.54) is 0 Å². The largest absolute Gasteiger partial charge is 0.345 e. The molecule has 0 radical (unpaired) electrons. The van der Waals surface area contributed by atoms with Crippen molar-refractivity contribution in [3.63, 3.8) is 0 Å². The van der Waals surface area contributed by atoms with E-state index in [1.54, 1.807) is 6.33 Å². The van der Waals surface area contributed by atoms with E-state index >= 15 is 0 Å². The molecule has 0 aliphatic carbocycles. The first-order valence-electron chi connectivity index (χ1n) is 7.18. The number of hydrogen-bond donors (Lipinski definition) is 2. The zero-order chi connectivity index (χ0) is 14.5. The predicted molar refractivity (Wildman–Crippen MR) is 86.2 cm³/mol. The third-order valence-electron chi connectivity index (χ3n) is 3.25. The van der Waals surface area contributed by atoms with Crippen LogP contribution in [0, 0.1) is 0 Å². The van der Waals surface area contributed by atoms with Gasteiger partial charge in [-0.15, -0.1) is 0 Å². The molecule has 106 valence electrons. The van der Waals surface area contributed by atoms with Gasteiger partial charge in [-0.1, -0.05) is 31.2 Å². The fraction of sp³-hybridized carbons (Fsp3) is 0.176. The number of rotatable bonds is 2. The van der Waals surface area contributed by atoms with Crippen molar-refractivity contribution in [2.45, 2.75) is 19.8 Å². The Morgan fingerprint density at radius 2 is 1.62 bits per heavy atom. The van der Waals surface area contributed by atoms with Gasteiger partial charge < -0.3 is 9.97 Å². The number of nitrogens with zero attached hydrogens (tertiary/aromatic N) is 2. The molecule has 0 bridgehead atoms. The van der Waals surface area contributed by atoms with Crippen LogP contribution < -0.4 is 0 Å². The molecule has 2 aromatic heterocycles. The maximum Gasteiger partial charge on any atom is 0.107 e. The van der Waals surface area contributed by atoms with Crippen LogP contribution in [0.5, 0.6) is 0 Å². The summed E-state index contributed by atoms with van der Waals surface area (Å²) in [5.74, 6) is 1.10. The molecule has 0 saturated heterocycles. The van der Waals surface area contributed by atoms with Gasteiger partial charge in [0.15, 0.2) is 0 Å². The van der Waals surface area contributed by atoms with Crippen molar-refractivity contribution in [2.75, 3.05) is 0 Å². The van der Waals surface area contributed by atoms with E-state index < -0.39 is 0 Å². The van der Waals surface area contributed by atoms with Crippen LogP contribution >= 0.6 is 0 Å². The van der Waals surface area contributed by atoms with Gasteiger partial charge in [0.05, 0.1) is 28.4 Å². The number of aromatic nitrogens is 4. The fourth-order valence-electron chi connectivity index (χ4n) is 2.24. The van der Waals surface area contributed by atoms with E-state index in [9.17, 15) is 0 Å². The number of benzene rings is 2. The van der Waals surface area contributed by atoms with Crippen molar-refractivity contribution in [1.82, 2.24) is 19.9 Å². The number of aromatic amines is 2. The molecule has 0 spiro atoms. The molecular weight excluding hydrogens is 260 g/mol. The van der Waals surface area contributed by atoms with Crippen LogP contribution in [-0.2, 0) is 6.42 Å². The molecular formula is C17H18N4. The zero-order valence-electron chi connectivity index (χ0n) is 12.0. The molecule has 0 saturated carbocycles.